The monoisotopic (exact) mass is 232 g/mol. The molecule has 1 unspecified atom stereocenters. The molecule has 2 heteroatoms. The van der Waals surface area contributed by atoms with Gasteiger partial charge in [-0.25, -0.2) is 0 Å². The van der Waals surface area contributed by atoms with Gasteiger partial charge in [-0.05, 0) is 34.9 Å². The van der Waals surface area contributed by atoms with Crippen LogP contribution in [0.1, 0.15) is 37.5 Å². The minimum absolute atomic E-state index is 0.186. The van der Waals surface area contributed by atoms with E-state index in [0.29, 0.717) is 19.0 Å². The van der Waals surface area contributed by atoms with Crippen LogP contribution in [0.2, 0.25) is 0 Å². The molecule has 0 aromatic heterocycles. The molecule has 92 valence electrons. The molecular formula is C15H20O2. The molecule has 0 amide bonds. The highest BCUT2D eigenvalue weighted by molar-refractivity contribution is 5.43. The average molecular weight is 232 g/mol. The molecule has 0 fully saturated rings. The smallest absolute Gasteiger partial charge is 0.293 e. The normalized spacial score (nSPS) is 18.9. The molecule has 2 nitrogen and oxygen atoms in total. The number of ether oxygens (including phenoxy) is 1. The van der Waals surface area contributed by atoms with Crippen LogP contribution in [0.25, 0.3) is 0 Å². The van der Waals surface area contributed by atoms with Crippen LogP contribution in [-0.4, -0.2) is 13.1 Å². The minimum atomic E-state index is 0.186. The summed E-state index contributed by atoms with van der Waals surface area (Å²) in [4.78, 5) is 10.2. The first kappa shape index (κ1) is 12.2. The van der Waals surface area contributed by atoms with E-state index in [1.165, 1.54) is 16.7 Å². The maximum Gasteiger partial charge on any atom is 0.293 e. The summed E-state index contributed by atoms with van der Waals surface area (Å²) in [5, 5.41) is 0. The van der Waals surface area contributed by atoms with Crippen LogP contribution in [0, 0.1) is 5.92 Å². The first-order chi connectivity index (χ1) is 8.02. The van der Waals surface area contributed by atoms with E-state index in [4.69, 9.17) is 4.74 Å². The zero-order chi connectivity index (χ0) is 12.5. The van der Waals surface area contributed by atoms with E-state index in [2.05, 4.69) is 39.0 Å². The Hall–Kier alpha value is -1.31. The highest BCUT2D eigenvalue weighted by atomic mass is 16.5. The lowest BCUT2D eigenvalue weighted by atomic mass is 9.82. The maximum atomic E-state index is 10.2. The molecule has 0 aliphatic heterocycles. The molecule has 0 saturated carbocycles. The molecule has 0 radical (unpaired) electrons. The Balaban J connectivity index is 2.23. The Labute approximate surface area is 103 Å². The van der Waals surface area contributed by atoms with Crippen molar-refractivity contribution in [2.24, 2.45) is 5.92 Å². The van der Waals surface area contributed by atoms with E-state index in [0.717, 1.165) is 12.8 Å². The fraction of sp³-hybridized carbons (Fsp3) is 0.533. The quantitative estimate of drug-likeness (QED) is 0.749. The Bertz CT molecular complexity index is 415. The highest BCUT2D eigenvalue weighted by Gasteiger charge is 2.27. The number of benzene rings is 1. The Morgan fingerprint density at radius 2 is 2.12 bits per heavy atom. The molecule has 1 aromatic carbocycles. The maximum absolute atomic E-state index is 10.2. The van der Waals surface area contributed by atoms with Gasteiger partial charge in [-0.2, -0.15) is 0 Å². The number of hydrogen-bond donors (Lipinski definition) is 0. The van der Waals surface area contributed by atoms with E-state index in [1.807, 2.05) is 0 Å². The van der Waals surface area contributed by atoms with Gasteiger partial charge in [-0.1, -0.05) is 39.0 Å². The Morgan fingerprint density at radius 1 is 1.35 bits per heavy atom. The highest BCUT2D eigenvalue weighted by Crippen LogP contribution is 2.35. The van der Waals surface area contributed by atoms with Crippen LogP contribution in [0.15, 0.2) is 18.2 Å². The Morgan fingerprint density at radius 3 is 2.76 bits per heavy atom. The van der Waals surface area contributed by atoms with Crippen LogP contribution in [0.3, 0.4) is 0 Å². The van der Waals surface area contributed by atoms with E-state index in [-0.39, 0.29) is 5.41 Å². The third-order valence-corrected chi connectivity index (χ3v) is 3.48. The largest absolute Gasteiger partial charge is 0.468 e. The van der Waals surface area contributed by atoms with E-state index < -0.39 is 0 Å². The van der Waals surface area contributed by atoms with Gasteiger partial charge in [-0.15, -0.1) is 0 Å². The van der Waals surface area contributed by atoms with Crippen molar-refractivity contribution in [2.75, 3.05) is 6.61 Å². The second-order valence-electron chi connectivity index (χ2n) is 5.90. The van der Waals surface area contributed by atoms with Crippen LogP contribution >= 0.6 is 0 Å². The topological polar surface area (TPSA) is 26.3 Å². The van der Waals surface area contributed by atoms with Crippen molar-refractivity contribution in [3.05, 3.63) is 34.9 Å². The summed E-state index contributed by atoms with van der Waals surface area (Å²) in [6.07, 6.45) is 2.07. The van der Waals surface area contributed by atoms with E-state index in [1.54, 1.807) is 0 Å². The molecule has 1 aliphatic rings. The molecule has 0 spiro atoms. The van der Waals surface area contributed by atoms with Gasteiger partial charge in [0.25, 0.3) is 6.47 Å². The van der Waals surface area contributed by atoms with Crippen molar-refractivity contribution < 1.29 is 9.53 Å². The summed E-state index contributed by atoms with van der Waals surface area (Å²) in [6, 6.07) is 6.57. The van der Waals surface area contributed by atoms with Gasteiger partial charge in [0.15, 0.2) is 0 Å². The lowest BCUT2D eigenvalue weighted by Crippen LogP contribution is -2.15. The molecule has 2 rings (SSSR count). The minimum Gasteiger partial charge on any atom is -0.468 e. The van der Waals surface area contributed by atoms with Crippen LogP contribution in [0.4, 0.5) is 0 Å². The van der Waals surface area contributed by atoms with Crippen molar-refractivity contribution >= 4 is 6.47 Å². The molecule has 0 saturated heterocycles. The molecule has 0 bridgehead atoms. The van der Waals surface area contributed by atoms with Crippen LogP contribution in [0.5, 0.6) is 0 Å². The van der Waals surface area contributed by atoms with Crippen molar-refractivity contribution in [1.82, 2.24) is 0 Å². The zero-order valence-electron chi connectivity index (χ0n) is 10.8. The van der Waals surface area contributed by atoms with Crippen LogP contribution < -0.4 is 0 Å². The molecule has 17 heavy (non-hydrogen) atoms. The van der Waals surface area contributed by atoms with Gasteiger partial charge < -0.3 is 4.74 Å². The van der Waals surface area contributed by atoms with E-state index in [9.17, 15) is 4.79 Å². The first-order valence-corrected chi connectivity index (χ1v) is 6.19. The van der Waals surface area contributed by atoms with Gasteiger partial charge in [0.1, 0.15) is 0 Å². The fourth-order valence-electron chi connectivity index (χ4n) is 2.73. The third kappa shape index (κ3) is 2.51. The van der Waals surface area contributed by atoms with Crippen molar-refractivity contribution in [1.29, 1.82) is 0 Å². The molecule has 0 heterocycles. The summed E-state index contributed by atoms with van der Waals surface area (Å²) in [6.45, 7) is 7.84. The number of hydrogen-bond acceptors (Lipinski definition) is 2. The van der Waals surface area contributed by atoms with Crippen molar-refractivity contribution in [3.63, 3.8) is 0 Å². The summed E-state index contributed by atoms with van der Waals surface area (Å²) in [5.74, 6) is 0.457. The van der Waals surface area contributed by atoms with Gasteiger partial charge >= 0.3 is 0 Å². The van der Waals surface area contributed by atoms with Crippen molar-refractivity contribution in [3.8, 4) is 0 Å². The van der Waals surface area contributed by atoms with Gasteiger partial charge in [-0.3, -0.25) is 4.79 Å². The first-order valence-electron chi connectivity index (χ1n) is 6.19. The summed E-state index contributed by atoms with van der Waals surface area (Å²) in [5.41, 5.74) is 4.52. The standard InChI is InChI=1S/C15H20O2/c1-15(2,3)14-6-4-5-12-7-11(8-13(12)14)9-17-10-16/h4-6,10-11H,7-9H2,1-3H3. The molecule has 1 aromatic rings. The number of carbonyl (C=O) groups excluding carboxylic acids is 1. The van der Waals surface area contributed by atoms with Gasteiger partial charge in [0, 0.05) is 5.92 Å². The number of carbonyl (C=O) groups is 1. The van der Waals surface area contributed by atoms with Gasteiger partial charge in [0.2, 0.25) is 0 Å². The molecule has 0 N–H and O–H groups in total. The predicted octanol–water partition coefficient (Wildman–Crippen LogP) is 2.87. The second kappa shape index (κ2) is 4.52. The molecule has 1 atom stereocenters. The third-order valence-electron chi connectivity index (χ3n) is 3.48. The SMILES string of the molecule is CC(C)(C)c1cccc2c1CC(COC=O)C2. The lowest BCUT2D eigenvalue weighted by Gasteiger charge is -2.22. The fourth-order valence-corrected chi connectivity index (χ4v) is 2.73. The second-order valence-corrected chi connectivity index (χ2v) is 5.90. The molecular weight excluding hydrogens is 212 g/mol. The Kier molecular flexibility index (Phi) is 3.23. The van der Waals surface area contributed by atoms with Crippen molar-refractivity contribution in [2.45, 2.75) is 39.0 Å². The zero-order valence-corrected chi connectivity index (χ0v) is 10.8. The van der Waals surface area contributed by atoms with E-state index >= 15 is 0 Å². The lowest BCUT2D eigenvalue weighted by molar-refractivity contribution is -0.129. The predicted molar refractivity (Wildman–Crippen MR) is 68.1 cm³/mol. The van der Waals surface area contributed by atoms with Crippen LogP contribution in [-0.2, 0) is 27.8 Å². The summed E-state index contributed by atoms with van der Waals surface area (Å²) in [7, 11) is 0. The number of rotatable bonds is 3. The number of fused-ring (bicyclic) bond motifs is 1. The summed E-state index contributed by atoms with van der Waals surface area (Å²) >= 11 is 0. The molecule has 1 aliphatic carbocycles. The summed E-state index contributed by atoms with van der Waals surface area (Å²) < 4.78 is 4.89. The van der Waals surface area contributed by atoms with Gasteiger partial charge in [0.05, 0.1) is 6.61 Å². The average Bonchev–Trinajstić information content (AvgIpc) is 2.66.